The molecule has 0 spiro atoms. The van der Waals surface area contributed by atoms with Gasteiger partial charge in [-0.05, 0) is 22.9 Å². The standard InChI is InChI=1S/C9H8BrN3O2/c1-4-11-3-6-5(2-7(14)15)8(10)13-9(6)12-4/h3H,2H2,1H3,(H,14,15)(H,11,12,13). The lowest BCUT2D eigenvalue weighted by Gasteiger charge is -1.95. The smallest absolute Gasteiger partial charge is 0.307 e. The van der Waals surface area contributed by atoms with E-state index in [9.17, 15) is 4.79 Å². The highest BCUT2D eigenvalue weighted by Crippen LogP contribution is 2.25. The van der Waals surface area contributed by atoms with E-state index in [-0.39, 0.29) is 6.42 Å². The molecule has 0 radical (unpaired) electrons. The van der Waals surface area contributed by atoms with E-state index in [1.165, 1.54) is 0 Å². The molecule has 0 aliphatic heterocycles. The number of hydrogen-bond donors (Lipinski definition) is 2. The van der Waals surface area contributed by atoms with Gasteiger partial charge in [-0.15, -0.1) is 0 Å². The van der Waals surface area contributed by atoms with Crippen molar-refractivity contribution in [3.8, 4) is 0 Å². The van der Waals surface area contributed by atoms with E-state index < -0.39 is 5.97 Å². The van der Waals surface area contributed by atoms with Crippen molar-refractivity contribution >= 4 is 32.9 Å². The Bertz CT molecular complexity index is 535. The van der Waals surface area contributed by atoms with E-state index in [4.69, 9.17) is 5.11 Å². The van der Waals surface area contributed by atoms with Crippen LogP contribution in [0, 0.1) is 6.92 Å². The average molecular weight is 270 g/mol. The average Bonchev–Trinajstić information content (AvgIpc) is 2.41. The summed E-state index contributed by atoms with van der Waals surface area (Å²) >= 11 is 3.28. The summed E-state index contributed by atoms with van der Waals surface area (Å²) in [7, 11) is 0. The lowest BCUT2D eigenvalue weighted by Crippen LogP contribution is -2.00. The first-order valence-electron chi connectivity index (χ1n) is 4.29. The quantitative estimate of drug-likeness (QED) is 0.869. The van der Waals surface area contributed by atoms with Gasteiger partial charge in [-0.3, -0.25) is 4.79 Å². The van der Waals surface area contributed by atoms with Gasteiger partial charge in [0.05, 0.1) is 11.0 Å². The van der Waals surface area contributed by atoms with Gasteiger partial charge in [-0.25, -0.2) is 9.97 Å². The van der Waals surface area contributed by atoms with E-state index in [1.807, 2.05) is 0 Å². The molecule has 15 heavy (non-hydrogen) atoms. The molecule has 0 aromatic carbocycles. The Morgan fingerprint density at radius 2 is 2.40 bits per heavy atom. The zero-order valence-corrected chi connectivity index (χ0v) is 9.50. The van der Waals surface area contributed by atoms with Crippen molar-refractivity contribution in [3.63, 3.8) is 0 Å². The fourth-order valence-corrected chi connectivity index (χ4v) is 1.95. The Kier molecular flexibility index (Phi) is 2.44. The second-order valence-corrected chi connectivity index (χ2v) is 3.96. The summed E-state index contributed by atoms with van der Waals surface area (Å²) in [6.07, 6.45) is 1.59. The molecule has 2 heterocycles. The number of nitrogens with zero attached hydrogens (tertiary/aromatic N) is 2. The molecule has 0 bridgehead atoms. The molecule has 5 nitrogen and oxygen atoms in total. The van der Waals surface area contributed by atoms with E-state index in [1.54, 1.807) is 13.1 Å². The predicted octanol–water partition coefficient (Wildman–Crippen LogP) is 1.66. The molecule has 0 amide bonds. The van der Waals surface area contributed by atoms with Crippen LogP contribution in [-0.2, 0) is 11.2 Å². The minimum Gasteiger partial charge on any atom is -0.481 e. The van der Waals surface area contributed by atoms with Crippen LogP contribution >= 0.6 is 15.9 Å². The van der Waals surface area contributed by atoms with Crippen molar-refractivity contribution in [2.45, 2.75) is 13.3 Å². The number of aliphatic carboxylic acids is 1. The van der Waals surface area contributed by atoms with E-state index in [0.717, 1.165) is 5.39 Å². The zero-order chi connectivity index (χ0) is 11.0. The number of hydrogen-bond acceptors (Lipinski definition) is 3. The van der Waals surface area contributed by atoms with Gasteiger partial charge >= 0.3 is 5.97 Å². The molecule has 2 N–H and O–H groups in total. The fourth-order valence-electron chi connectivity index (χ4n) is 1.41. The Labute approximate surface area is 93.7 Å². The molecule has 0 aliphatic rings. The van der Waals surface area contributed by atoms with Crippen LogP contribution in [-0.4, -0.2) is 26.0 Å². The third-order valence-electron chi connectivity index (χ3n) is 2.06. The number of rotatable bonds is 2. The van der Waals surface area contributed by atoms with Crippen LogP contribution in [0.1, 0.15) is 11.4 Å². The third kappa shape index (κ3) is 1.85. The highest BCUT2D eigenvalue weighted by atomic mass is 79.9. The first kappa shape index (κ1) is 10.1. The maximum Gasteiger partial charge on any atom is 0.307 e. The van der Waals surface area contributed by atoms with Crippen LogP contribution in [0.5, 0.6) is 0 Å². The third-order valence-corrected chi connectivity index (χ3v) is 2.73. The summed E-state index contributed by atoms with van der Waals surface area (Å²) in [6, 6.07) is 0. The lowest BCUT2D eigenvalue weighted by molar-refractivity contribution is -0.136. The summed E-state index contributed by atoms with van der Waals surface area (Å²) in [5.41, 5.74) is 1.34. The molecule has 0 atom stereocenters. The Morgan fingerprint density at radius 1 is 1.67 bits per heavy atom. The van der Waals surface area contributed by atoms with E-state index >= 15 is 0 Å². The molecule has 2 rings (SSSR count). The number of halogens is 1. The minimum absolute atomic E-state index is 0.0486. The van der Waals surface area contributed by atoms with Gasteiger partial charge in [0.2, 0.25) is 0 Å². The molecule has 0 aliphatic carbocycles. The molecule has 2 aromatic heterocycles. The van der Waals surface area contributed by atoms with Crippen molar-refractivity contribution in [2.75, 3.05) is 0 Å². The van der Waals surface area contributed by atoms with Gasteiger partial charge in [0.25, 0.3) is 0 Å². The second-order valence-electron chi connectivity index (χ2n) is 3.17. The Balaban J connectivity index is 2.63. The number of H-pyrrole nitrogens is 1. The molecule has 2 aromatic rings. The number of aromatic nitrogens is 3. The topological polar surface area (TPSA) is 78.9 Å². The van der Waals surface area contributed by atoms with Crippen LogP contribution in [0.15, 0.2) is 10.8 Å². The van der Waals surface area contributed by atoms with Crippen LogP contribution in [0.4, 0.5) is 0 Å². The molecule has 0 fully saturated rings. The van der Waals surface area contributed by atoms with Crippen molar-refractivity contribution in [1.29, 1.82) is 0 Å². The largest absolute Gasteiger partial charge is 0.481 e. The number of carboxylic acid groups (broad SMARTS) is 1. The van der Waals surface area contributed by atoms with Gasteiger partial charge in [-0.1, -0.05) is 0 Å². The van der Waals surface area contributed by atoms with Crippen molar-refractivity contribution < 1.29 is 9.90 Å². The SMILES string of the molecule is Cc1ncc2c(CC(=O)O)c(Br)[nH]c2n1. The highest BCUT2D eigenvalue weighted by molar-refractivity contribution is 9.10. The van der Waals surface area contributed by atoms with Gasteiger partial charge in [-0.2, -0.15) is 0 Å². The van der Waals surface area contributed by atoms with Gasteiger partial charge in [0.15, 0.2) is 0 Å². The minimum atomic E-state index is -0.878. The normalized spacial score (nSPS) is 10.8. The molecule has 78 valence electrons. The summed E-state index contributed by atoms with van der Waals surface area (Å²) in [6.45, 7) is 1.78. The second kappa shape index (κ2) is 3.62. The summed E-state index contributed by atoms with van der Waals surface area (Å²) < 4.78 is 0.653. The number of carbonyl (C=O) groups is 1. The van der Waals surface area contributed by atoms with Crippen molar-refractivity contribution in [3.05, 3.63) is 22.2 Å². The maximum atomic E-state index is 10.7. The molecule has 0 saturated carbocycles. The molecule has 0 unspecified atom stereocenters. The van der Waals surface area contributed by atoms with Gasteiger partial charge < -0.3 is 10.1 Å². The number of carboxylic acids is 1. The monoisotopic (exact) mass is 269 g/mol. The first-order chi connectivity index (χ1) is 7.08. The van der Waals surface area contributed by atoms with E-state index in [2.05, 4.69) is 30.9 Å². The van der Waals surface area contributed by atoms with Crippen LogP contribution in [0.2, 0.25) is 0 Å². The molecule has 6 heteroatoms. The maximum absolute atomic E-state index is 10.7. The number of aryl methyl sites for hydroxylation is 1. The highest BCUT2D eigenvalue weighted by Gasteiger charge is 2.13. The molecular weight excluding hydrogens is 262 g/mol. The zero-order valence-electron chi connectivity index (χ0n) is 7.91. The summed E-state index contributed by atoms with van der Waals surface area (Å²) in [5.74, 6) is -0.227. The summed E-state index contributed by atoms with van der Waals surface area (Å²) in [4.78, 5) is 21.8. The Morgan fingerprint density at radius 3 is 3.07 bits per heavy atom. The van der Waals surface area contributed by atoms with Crippen LogP contribution in [0.3, 0.4) is 0 Å². The fraction of sp³-hybridized carbons (Fsp3) is 0.222. The number of fused-ring (bicyclic) bond motifs is 1. The number of aromatic amines is 1. The van der Waals surface area contributed by atoms with Gasteiger partial charge in [0.1, 0.15) is 11.5 Å². The molecule has 0 saturated heterocycles. The van der Waals surface area contributed by atoms with Crippen LogP contribution < -0.4 is 0 Å². The van der Waals surface area contributed by atoms with Gasteiger partial charge in [0, 0.05) is 17.1 Å². The summed E-state index contributed by atoms with van der Waals surface area (Å²) in [5, 5.41) is 9.49. The van der Waals surface area contributed by atoms with E-state index in [0.29, 0.717) is 21.6 Å². The lowest BCUT2D eigenvalue weighted by atomic mass is 10.2. The first-order valence-corrected chi connectivity index (χ1v) is 5.08. The molecular formula is C9H8BrN3O2. The van der Waals surface area contributed by atoms with Crippen molar-refractivity contribution in [1.82, 2.24) is 15.0 Å². The predicted molar refractivity (Wildman–Crippen MR) is 57.7 cm³/mol. The number of nitrogens with one attached hydrogen (secondary N) is 1. The van der Waals surface area contributed by atoms with Crippen molar-refractivity contribution in [2.24, 2.45) is 0 Å². The van der Waals surface area contributed by atoms with Crippen LogP contribution in [0.25, 0.3) is 11.0 Å². The Hall–Kier alpha value is -1.43.